The van der Waals surface area contributed by atoms with Gasteiger partial charge in [0.2, 0.25) is 0 Å². The SMILES string of the molecule is CCN(CC)c1ccc(-c2nnc(SCC(=O)c3c[nH]c4ccccc34)n2CC)cc1. The summed E-state index contributed by atoms with van der Waals surface area (Å²) in [6.45, 7) is 9.09. The number of aromatic nitrogens is 4. The van der Waals surface area contributed by atoms with Crippen LogP contribution in [0.2, 0.25) is 0 Å². The molecular formula is C24H27N5OS. The number of H-pyrrole nitrogens is 1. The summed E-state index contributed by atoms with van der Waals surface area (Å²) in [5, 5.41) is 10.5. The Labute approximate surface area is 186 Å². The quantitative estimate of drug-likeness (QED) is 0.288. The molecule has 0 saturated carbocycles. The van der Waals surface area contributed by atoms with E-state index in [1.54, 1.807) is 6.20 Å². The molecule has 31 heavy (non-hydrogen) atoms. The van der Waals surface area contributed by atoms with Crippen LogP contribution >= 0.6 is 11.8 Å². The molecule has 0 aliphatic carbocycles. The first-order valence-corrected chi connectivity index (χ1v) is 11.7. The Morgan fingerprint density at radius 2 is 1.77 bits per heavy atom. The lowest BCUT2D eigenvalue weighted by molar-refractivity contribution is 0.102. The topological polar surface area (TPSA) is 66.8 Å². The third kappa shape index (κ3) is 4.23. The lowest BCUT2D eigenvalue weighted by Crippen LogP contribution is -2.21. The van der Waals surface area contributed by atoms with E-state index in [4.69, 9.17) is 0 Å². The van der Waals surface area contributed by atoms with Crippen molar-refractivity contribution in [1.29, 1.82) is 0 Å². The van der Waals surface area contributed by atoms with Crippen LogP contribution in [0.5, 0.6) is 0 Å². The van der Waals surface area contributed by atoms with Gasteiger partial charge in [0.15, 0.2) is 16.8 Å². The number of benzene rings is 2. The van der Waals surface area contributed by atoms with Crippen molar-refractivity contribution in [2.45, 2.75) is 32.5 Å². The van der Waals surface area contributed by atoms with E-state index < -0.39 is 0 Å². The van der Waals surface area contributed by atoms with Crippen molar-refractivity contribution in [3.05, 3.63) is 60.3 Å². The van der Waals surface area contributed by atoms with Gasteiger partial charge in [-0.2, -0.15) is 0 Å². The zero-order chi connectivity index (χ0) is 21.8. The van der Waals surface area contributed by atoms with Crippen molar-refractivity contribution in [2.75, 3.05) is 23.7 Å². The predicted molar refractivity (Wildman–Crippen MR) is 128 cm³/mol. The molecule has 2 heterocycles. The molecule has 4 aromatic rings. The molecule has 0 atom stereocenters. The van der Waals surface area contributed by atoms with Crippen LogP contribution in [-0.2, 0) is 6.54 Å². The fourth-order valence-electron chi connectivity index (χ4n) is 3.81. The fourth-order valence-corrected chi connectivity index (χ4v) is 4.70. The van der Waals surface area contributed by atoms with E-state index in [-0.39, 0.29) is 5.78 Å². The minimum absolute atomic E-state index is 0.0817. The molecule has 7 heteroatoms. The first-order valence-electron chi connectivity index (χ1n) is 10.7. The molecule has 4 rings (SSSR count). The van der Waals surface area contributed by atoms with Crippen LogP contribution < -0.4 is 4.90 Å². The summed E-state index contributed by atoms with van der Waals surface area (Å²) in [7, 11) is 0. The summed E-state index contributed by atoms with van der Waals surface area (Å²) >= 11 is 1.44. The van der Waals surface area contributed by atoms with Gasteiger partial charge in [-0.15, -0.1) is 10.2 Å². The van der Waals surface area contributed by atoms with E-state index in [1.807, 2.05) is 24.3 Å². The van der Waals surface area contributed by atoms with E-state index in [0.717, 1.165) is 52.6 Å². The van der Waals surface area contributed by atoms with Gasteiger partial charge >= 0.3 is 0 Å². The molecule has 0 radical (unpaired) electrons. The molecule has 0 fully saturated rings. The second kappa shape index (κ2) is 9.39. The zero-order valence-electron chi connectivity index (χ0n) is 18.1. The van der Waals surface area contributed by atoms with Crippen molar-refractivity contribution >= 4 is 34.1 Å². The lowest BCUT2D eigenvalue weighted by atomic mass is 10.1. The number of anilines is 1. The molecule has 0 saturated heterocycles. The van der Waals surface area contributed by atoms with Crippen molar-refractivity contribution in [3.8, 4) is 11.4 Å². The molecule has 0 aliphatic rings. The summed E-state index contributed by atoms with van der Waals surface area (Å²) in [4.78, 5) is 18.3. The minimum Gasteiger partial charge on any atom is -0.372 e. The Balaban J connectivity index is 1.51. The first-order chi connectivity index (χ1) is 15.2. The fraction of sp³-hybridized carbons (Fsp3) is 0.292. The Hall–Kier alpha value is -3.06. The van der Waals surface area contributed by atoms with Crippen LogP contribution in [0.15, 0.2) is 59.9 Å². The molecule has 1 N–H and O–H groups in total. The standard InChI is InChI=1S/C24H27N5OS/c1-4-28(5-2)18-13-11-17(12-14-18)23-26-27-24(29(23)6-3)31-16-22(30)20-15-25-21-10-8-7-9-19(20)21/h7-15,25H,4-6,16H2,1-3H3. The monoisotopic (exact) mass is 433 g/mol. The molecule has 0 amide bonds. The highest BCUT2D eigenvalue weighted by atomic mass is 32.2. The number of ketones is 1. The molecule has 160 valence electrons. The Morgan fingerprint density at radius 3 is 2.48 bits per heavy atom. The number of nitrogens with one attached hydrogen (secondary N) is 1. The van der Waals surface area contributed by atoms with Crippen LogP contribution in [-0.4, -0.2) is 44.4 Å². The van der Waals surface area contributed by atoms with Crippen LogP contribution in [0.25, 0.3) is 22.3 Å². The number of hydrogen-bond donors (Lipinski definition) is 1. The Kier molecular flexibility index (Phi) is 6.42. The highest BCUT2D eigenvalue weighted by molar-refractivity contribution is 7.99. The van der Waals surface area contributed by atoms with Gasteiger partial charge in [-0.3, -0.25) is 4.79 Å². The number of fused-ring (bicyclic) bond motifs is 1. The average Bonchev–Trinajstić information content (AvgIpc) is 3.43. The number of hydrogen-bond acceptors (Lipinski definition) is 5. The summed E-state index contributed by atoms with van der Waals surface area (Å²) in [6, 6.07) is 16.3. The number of rotatable bonds is 9. The van der Waals surface area contributed by atoms with E-state index in [9.17, 15) is 4.79 Å². The van der Waals surface area contributed by atoms with E-state index >= 15 is 0 Å². The summed E-state index contributed by atoms with van der Waals surface area (Å²) in [6.07, 6.45) is 1.79. The number of carbonyl (C=O) groups is 1. The molecule has 0 aliphatic heterocycles. The molecule has 2 aromatic carbocycles. The van der Waals surface area contributed by atoms with Crippen molar-refractivity contribution in [3.63, 3.8) is 0 Å². The number of nitrogens with zero attached hydrogens (tertiary/aromatic N) is 4. The lowest BCUT2D eigenvalue weighted by Gasteiger charge is -2.21. The van der Waals surface area contributed by atoms with E-state index in [0.29, 0.717) is 5.75 Å². The number of para-hydroxylation sites is 1. The van der Waals surface area contributed by atoms with E-state index in [2.05, 4.69) is 69.7 Å². The highest BCUT2D eigenvalue weighted by Gasteiger charge is 2.17. The molecule has 0 spiro atoms. The highest BCUT2D eigenvalue weighted by Crippen LogP contribution is 2.27. The van der Waals surface area contributed by atoms with Gasteiger partial charge in [0.1, 0.15) is 0 Å². The number of Topliss-reactive ketones (excluding diaryl/α,β-unsaturated/α-hetero) is 1. The summed E-state index contributed by atoms with van der Waals surface area (Å²) < 4.78 is 2.07. The Morgan fingerprint density at radius 1 is 1.03 bits per heavy atom. The molecule has 6 nitrogen and oxygen atoms in total. The second-order valence-electron chi connectivity index (χ2n) is 7.23. The van der Waals surface area contributed by atoms with Gasteiger partial charge in [-0.25, -0.2) is 0 Å². The van der Waals surface area contributed by atoms with Crippen molar-refractivity contribution in [1.82, 2.24) is 19.7 Å². The van der Waals surface area contributed by atoms with Crippen LogP contribution in [0, 0.1) is 0 Å². The second-order valence-corrected chi connectivity index (χ2v) is 8.17. The predicted octanol–water partition coefficient (Wildman–Crippen LogP) is 5.27. The van der Waals surface area contributed by atoms with Crippen LogP contribution in [0.1, 0.15) is 31.1 Å². The molecule has 0 bridgehead atoms. The third-order valence-electron chi connectivity index (χ3n) is 5.51. The van der Waals surface area contributed by atoms with Gasteiger partial charge < -0.3 is 14.5 Å². The van der Waals surface area contributed by atoms with E-state index in [1.165, 1.54) is 17.4 Å². The van der Waals surface area contributed by atoms with Gasteiger partial charge in [0, 0.05) is 53.5 Å². The van der Waals surface area contributed by atoms with Crippen molar-refractivity contribution in [2.24, 2.45) is 0 Å². The van der Waals surface area contributed by atoms with Gasteiger partial charge in [0.25, 0.3) is 0 Å². The van der Waals surface area contributed by atoms with Crippen LogP contribution in [0.4, 0.5) is 5.69 Å². The zero-order valence-corrected chi connectivity index (χ0v) is 18.9. The third-order valence-corrected chi connectivity index (χ3v) is 6.48. The van der Waals surface area contributed by atoms with Crippen molar-refractivity contribution < 1.29 is 4.79 Å². The minimum atomic E-state index is 0.0817. The maximum Gasteiger partial charge on any atom is 0.191 e. The molecule has 2 aromatic heterocycles. The smallest absolute Gasteiger partial charge is 0.191 e. The average molecular weight is 434 g/mol. The first kappa shape index (κ1) is 21.2. The maximum absolute atomic E-state index is 12.8. The number of aromatic amines is 1. The van der Waals surface area contributed by atoms with Gasteiger partial charge in [-0.1, -0.05) is 30.0 Å². The summed E-state index contributed by atoms with van der Waals surface area (Å²) in [5.41, 5.74) is 3.93. The number of thioether (sulfide) groups is 1. The van der Waals surface area contributed by atoms with Gasteiger partial charge in [0.05, 0.1) is 5.75 Å². The van der Waals surface area contributed by atoms with Gasteiger partial charge in [-0.05, 0) is 51.1 Å². The molecular weight excluding hydrogens is 406 g/mol. The molecule has 0 unspecified atom stereocenters. The Bertz CT molecular complexity index is 1170. The largest absolute Gasteiger partial charge is 0.372 e. The maximum atomic E-state index is 12.8. The van der Waals surface area contributed by atoms with Crippen LogP contribution in [0.3, 0.4) is 0 Å². The summed E-state index contributed by atoms with van der Waals surface area (Å²) in [5.74, 6) is 1.23. The number of carbonyl (C=O) groups excluding carboxylic acids is 1. The normalized spacial score (nSPS) is 11.2.